The molecule has 0 aromatic rings. The lowest BCUT2D eigenvalue weighted by molar-refractivity contribution is 0.121. The summed E-state index contributed by atoms with van der Waals surface area (Å²) in [6.07, 6.45) is 2.17. The van der Waals surface area contributed by atoms with Crippen molar-refractivity contribution >= 4 is 0 Å². The Labute approximate surface area is 68.0 Å². The van der Waals surface area contributed by atoms with Crippen LogP contribution in [0.3, 0.4) is 0 Å². The van der Waals surface area contributed by atoms with Gasteiger partial charge in [0.05, 0.1) is 0 Å². The first-order valence-corrected chi connectivity index (χ1v) is 4.26. The smallest absolute Gasteiger partial charge is 0.136 e. The molecule has 0 saturated carbocycles. The second-order valence-corrected chi connectivity index (χ2v) is 3.60. The van der Waals surface area contributed by atoms with E-state index in [1.165, 1.54) is 6.92 Å². The summed E-state index contributed by atoms with van der Waals surface area (Å²) in [7, 11) is 0. The zero-order chi connectivity index (χ0) is 8.91. The van der Waals surface area contributed by atoms with E-state index in [-0.39, 0.29) is 0 Å². The van der Waals surface area contributed by atoms with Crippen LogP contribution >= 0.6 is 0 Å². The summed E-state index contributed by atoms with van der Waals surface area (Å²) in [5, 5.41) is 0. The molecule has 2 unspecified atom stereocenters. The van der Waals surface area contributed by atoms with Crippen molar-refractivity contribution in [2.45, 2.75) is 45.7 Å². The third-order valence-electron chi connectivity index (χ3n) is 2.13. The molecular formula is C9H18F2. The van der Waals surface area contributed by atoms with Gasteiger partial charge in [-0.2, -0.15) is 0 Å². The lowest BCUT2D eigenvalue weighted by Gasteiger charge is -2.17. The molecule has 0 aliphatic rings. The van der Waals surface area contributed by atoms with E-state index in [1.807, 2.05) is 0 Å². The van der Waals surface area contributed by atoms with Crippen molar-refractivity contribution in [2.75, 3.05) is 6.67 Å². The van der Waals surface area contributed by atoms with E-state index >= 15 is 0 Å². The van der Waals surface area contributed by atoms with Crippen LogP contribution in [0.15, 0.2) is 0 Å². The van der Waals surface area contributed by atoms with Crippen molar-refractivity contribution in [3.8, 4) is 0 Å². The summed E-state index contributed by atoms with van der Waals surface area (Å²) in [4.78, 5) is 0. The largest absolute Gasteiger partial charge is 0.248 e. The van der Waals surface area contributed by atoms with E-state index in [2.05, 4.69) is 13.8 Å². The molecule has 0 saturated heterocycles. The van der Waals surface area contributed by atoms with Crippen LogP contribution < -0.4 is 0 Å². The Bertz CT molecular complexity index is 99.7. The molecule has 2 atom stereocenters. The number of halogens is 2. The Kier molecular flexibility index (Phi) is 4.62. The third kappa shape index (κ3) is 5.16. The summed E-state index contributed by atoms with van der Waals surface area (Å²) in [6.45, 7) is 4.60. The average molecular weight is 164 g/mol. The van der Waals surface area contributed by atoms with Gasteiger partial charge < -0.3 is 0 Å². The second kappa shape index (κ2) is 4.68. The third-order valence-corrected chi connectivity index (χ3v) is 2.13. The standard InChI is InChI=1S/C9H18F2/c1-4-8(2)5-6-9(3,11)7-10/h8H,4-7H2,1-3H3. The van der Waals surface area contributed by atoms with Gasteiger partial charge in [-0.05, 0) is 25.7 Å². The molecule has 0 bridgehead atoms. The van der Waals surface area contributed by atoms with E-state index < -0.39 is 12.3 Å². The van der Waals surface area contributed by atoms with Crippen LogP contribution in [-0.2, 0) is 0 Å². The minimum Gasteiger partial charge on any atom is -0.248 e. The molecule has 0 nitrogen and oxygen atoms in total. The van der Waals surface area contributed by atoms with E-state index in [0.717, 1.165) is 12.8 Å². The molecule has 2 heteroatoms. The molecule has 0 aromatic heterocycles. The molecule has 0 heterocycles. The van der Waals surface area contributed by atoms with Crippen molar-refractivity contribution < 1.29 is 8.78 Å². The van der Waals surface area contributed by atoms with Gasteiger partial charge in [-0.15, -0.1) is 0 Å². The van der Waals surface area contributed by atoms with Gasteiger partial charge in [0.1, 0.15) is 12.3 Å². The van der Waals surface area contributed by atoms with Crippen molar-refractivity contribution in [1.82, 2.24) is 0 Å². The minimum absolute atomic E-state index is 0.346. The molecule has 0 aliphatic carbocycles. The zero-order valence-corrected chi connectivity index (χ0v) is 7.66. The summed E-state index contributed by atoms with van der Waals surface area (Å²) in [5.41, 5.74) is -1.59. The predicted molar refractivity (Wildman–Crippen MR) is 44.2 cm³/mol. The SMILES string of the molecule is CCC(C)CCC(C)(F)CF. The van der Waals surface area contributed by atoms with Gasteiger partial charge in [0.25, 0.3) is 0 Å². The second-order valence-electron chi connectivity index (χ2n) is 3.60. The maximum absolute atomic E-state index is 12.9. The van der Waals surface area contributed by atoms with Crippen LogP contribution in [0.4, 0.5) is 8.78 Å². The van der Waals surface area contributed by atoms with Gasteiger partial charge in [-0.1, -0.05) is 20.3 Å². The first-order chi connectivity index (χ1) is 5.02. The van der Waals surface area contributed by atoms with Crippen LogP contribution in [0.2, 0.25) is 0 Å². The molecule has 0 fully saturated rings. The summed E-state index contributed by atoms with van der Waals surface area (Å²) in [6, 6.07) is 0. The minimum atomic E-state index is -1.59. The highest BCUT2D eigenvalue weighted by Gasteiger charge is 2.22. The van der Waals surface area contributed by atoms with Gasteiger partial charge in [-0.3, -0.25) is 0 Å². The highest BCUT2D eigenvalue weighted by molar-refractivity contribution is 4.72. The number of alkyl halides is 2. The molecule has 0 radical (unpaired) electrons. The van der Waals surface area contributed by atoms with Gasteiger partial charge in [0.2, 0.25) is 0 Å². The van der Waals surface area contributed by atoms with E-state index in [9.17, 15) is 8.78 Å². The quantitative estimate of drug-likeness (QED) is 0.583. The Morgan fingerprint density at radius 3 is 2.36 bits per heavy atom. The predicted octanol–water partition coefficient (Wildman–Crippen LogP) is 3.51. The van der Waals surface area contributed by atoms with Crippen molar-refractivity contribution in [3.63, 3.8) is 0 Å². The maximum Gasteiger partial charge on any atom is 0.136 e. The number of hydrogen-bond donors (Lipinski definition) is 0. The Morgan fingerprint density at radius 2 is 2.00 bits per heavy atom. The van der Waals surface area contributed by atoms with Crippen LogP contribution in [0.25, 0.3) is 0 Å². The van der Waals surface area contributed by atoms with Gasteiger partial charge in [0.15, 0.2) is 0 Å². The van der Waals surface area contributed by atoms with Gasteiger partial charge in [-0.25, -0.2) is 8.78 Å². The Morgan fingerprint density at radius 1 is 1.45 bits per heavy atom. The fourth-order valence-corrected chi connectivity index (χ4v) is 0.818. The molecule has 11 heavy (non-hydrogen) atoms. The molecular weight excluding hydrogens is 146 g/mol. The molecule has 0 aliphatic heterocycles. The van der Waals surface area contributed by atoms with Crippen LogP contribution in [0.5, 0.6) is 0 Å². The first-order valence-electron chi connectivity index (χ1n) is 4.26. The van der Waals surface area contributed by atoms with Gasteiger partial charge in [0, 0.05) is 0 Å². The van der Waals surface area contributed by atoms with E-state index in [0.29, 0.717) is 12.3 Å². The summed E-state index contributed by atoms with van der Waals surface area (Å²) < 4.78 is 24.9. The van der Waals surface area contributed by atoms with Crippen molar-refractivity contribution in [1.29, 1.82) is 0 Å². The summed E-state index contributed by atoms with van der Waals surface area (Å²) >= 11 is 0. The molecule has 0 aromatic carbocycles. The van der Waals surface area contributed by atoms with Crippen LogP contribution in [0, 0.1) is 5.92 Å². The fourth-order valence-electron chi connectivity index (χ4n) is 0.818. The highest BCUT2D eigenvalue weighted by Crippen LogP contribution is 2.22. The Balaban J connectivity index is 3.52. The number of hydrogen-bond acceptors (Lipinski definition) is 0. The topological polar surface area (TPSA) is 0 Å². The normalized spacial score (nSPS) is 19.4. The van der Waals surface area contributed by atoms with Crippen LogP contribution in [-0.4, -0.2) is 12.3 Å². The summed E-state index contributed by atoms with van der Waals surface area (Å²) in [5.74, 6) is 0.511. The van der Waals surface area contributed by atoms with Crippen molar-refractivity contribution in [2.24, 2.45) is 5.92 Å². The van der Waals surface area contributed by atoms with Gasteiger partial charge >= 0.3 is 0 Å². The van der Waals surface area contributed by atoms with Crippen molar-refractivity contribution in [3.05, 3.63) is 0 Å². The Hall–Kier alpha value is -0.140. The lowest BCUT2D eigenvalue weighted by Crippen LogP contribution is -2.21. The van der Waals surface area contributed by atoms with E-state index in [4.69, 9.17) is 0 Å². The zero-order valence-electron chi connectivity index (χ0n) is 7.66. The molecule has 68 valence electrons. The average Bonchev–Trinajstić information content (AvgIpc) is 2.00. The molecule has 0 spiro atoms. The fraction of sp³-hybridized carbons (Fsp3) is 1.00. The number of rotatable bonds is 5. The highest BCUT2D eigenvalue weighted by atomic mass is 19.2. The first kappa shape index (κ1) is 10.9. The molecule has 0 rings (SSSR count). The monoisotopic (exact) mass is 164 g/mol. The molecule has 0 N–H and O–H groups in total. The lowest BCUT2D eigenvalue weighted by atomic mass is 9.95. The van der Waals surface area contributed by atoms with Crippen LogP contribution in [0.1, 0.15) is 40.0 Å². The maximum atomic E-state index is 12.9. The van der Waals surface area contributed by atoms with E-state index in [1.54, 1.807) is 0 Å². The molecule has 0 amide bonds.